The van der Waals surface area contributed by atoms with Gasteiger partial charge in [0.25, 0.3) is 5.91 Å². The predicted octanol–water partition coefficient (Wildman–Crippen LogP) is 2.13. The first-order chi connectivity index (χ1) is 8.63. The van der Waals surface area contributed by atoms with Crippen LogP contribution in [0.25, 0.3) is 0 Å². The summed E-state index contributed by atoms with van der Waals surface area (Å²) in [7, 11) is 0. The molecule has 4 nitrogen and oxygen atoms in total. The van der Waals surface area contributed by atoms with Crippen molar-refractivity contribution in [3.05, 3.63) is 34.3 Å². The molecule has 1 aromatic carbocycles. The molecular weight excluding hydrogens is 294 g/mol. The lowest BCUT2D eigenvalue weighted by molar-refractivity contribution is -0.132. The van der Waals surface area contributed by atoms with Crippen LogP contribution in [-0.4, -0.2) is 23.2 Å². The Morgan fingerprint density at radius 3 is 2.83 bits per heavy atom. The first-order valence-electron chi connectivity index (χ1n) is 5.93. The van der Waals surface area contributed by atoms with Crippen molar-refractivity contribution >= 4 is 27.5 Å². The summed E-state index contributed by atoms with van der Waals surface area (Å²) >= 11 is 3.48. The second-order valence-corrected chi connectivity index (χ2v) is 5.21. The van der Waals surface area contributed by atoms with Gasteiger partial charge in [0, 0.05) is 10.2 Å². The zero-order valence-electron chi connectivity index (χ0n) is 10.3. The normalized spacial score (nSPS) is 19.3. The number of carbonyl (C=O) groups excluding carboxylic acids is 1. The quantitative estimate of drug-likeness (QED) is 0.926. The number of hydrogen-bond donors (Lipinski definition) is 1. The molecule has 1 unspecified atom stereocenters. The summed E-state index contributed by atoms with van der Waals surface area (Å²) in [4.78, 5) is 12.2. The van der Waals surface area contributed by atoms with Crippen LogP contribution in [0.5, 0.6) is 0 Å². The average molecular weight is 310 g/mol. The molecule has 96 valence electrons. The molecule has 1 heterocycles. The second-order valence-electron chi connectivity index (χ2n) is 4.36. The molecule has 2 N–H and O–H groups in total. The number of benzene rings is 1. The molecule has 1 aliphatic heterocycles. The molecule has 18 heavy (non-hydrogen) atoms. The maximum absolute atomic E-state index is 12.2. The van der Waals surface area contributed by atoms with Crippen molar-refractivity contribution < 1.29 is 4.79 Å². The van der Waals surface area contributed by atoms with E-state index in [0.717, 1.165) is 15.7 Å². The van der Waals surface area contributed by atoms with Gasteiger partial charge in [-0.15, -0.1) is 0 Å². The van der Waals surface area contributed by atoms with E-state index in [1.54, 1.807) is 0 Å². The van der Waals surface area contributed by atoms with Crippen LogP contribution in [0.4, 0.5) is 0 Å². The van der Waals surface area contributed by atoms with Crippen LogP contribution in [0.2, 0.25) is 0 Å². The highest BCUT2D eigenvalue weighted by molar-refractivity contribution is 9.10. The lowest BCUT2D eigenvalue weighted by Gasteiger charge is -2.14. The molecule has 1 aromatic rings. The summed E-state index contributed by atoms with van der Waals surface area (Å²) in [6.45, 7) is 2.89. The Kier molecular flexibility index (Phi) is 4.14. The fourth-order valence-electron chi connectivity index (χ4n) is 2.07. The number of amides is 1. The van der Waals surface area contributed by atoms with Gasteiger partial charge in [-0.2, -0.15) is 5.10 Å². The maximum atomic E-state index is 12.2. The number of halogens is 1. The van der Waals surface area contributed by atoms with Gasteiger partial charge >= 0.3 is 0 Å². The summed E-state index contributed by atoms with van der Waals surface area (Å²) in [5.41, 5.74) is 7.43. The van der Waals surface area contributed by atoms with Gasteiger partial charge in [0.1, 0.15) is 0 Å². The third-order valence-electron chi connectivity index (χ3n) is 3.07. The fraction of sp³-hybridized carbons (Fsp3) is 0.385. The van der Waals surface area contributed by atoms with E-state index in [4.69, 9.17) is 5.73 Å². The third kappa shape index (κ3) is 2.62. The van der Waals surface area contributed by atoms with E-state index in [1.165, 1.54) is 5.01 Å². The molecular formula is C13H16BrN3O. The van der Waals surface area contributed by atoms with Crippen molar-refractivity contribution in [2.45, 2.75) is 19.9 Å². The minimum Gasteiger partial charge on any atom is -0.330 e. The van der Waals surface area contributed by atoms with E-state index < -0.39 is 0 Å². The SMILES string of the molecule is CC1=NN(Cc2ccccc2Br)C(=O)C1CCN. The summed E-state index contributed by atoms with van der Waals surface area (Å²) in [5.74, 6) is -0.0915. The van der Waals surface area contributed by atoms with E-state index >= 15 is 0 Å². The van der Waals surface area contributed by atoms with Gasteiger partial charge in [-0.3, -0.25) is 4.79 Å². The summed E-state index contributed by atoms with van der Waals surface area (Å²) in [5, 5.41) is 5.87. The smallest absolute Gasteiger partial charge is 0.251 e. The van der Waals surface area contributed by atoms with E-state index in [2.05, 4.69) is 21.0 Å². The molecule has 0 aromatic heterocycles. The van der Waals surface area contributed by atoms with Crippen molar-refractivity contribution in [3.63, 3.8) is 0 Å². The molecule has 0 saturated heterocycles. The number of rotatable bonds is 4. The Bertz CT molecular complexity index is 487. The first kappa shape index (κ1) is 13.2. The summed E-state index contributed by atoms with van der Waals surface area (Å²) < 4.78 is 0.993. The van der Waals surface area contributed by atoms with Crippen LogP contribution >= 0.6 is 15.9 Å². The van der Waals surface area contributed by atoms with Crippen LogP contribution in [-0.2, 0) is 11.3 Å². The molecule has 5 heteroatoms. The number of nitrogens with zero attached hydrogens (tertiary/aromatic N) is 2. The Balaban J connectivity index is 2.13. The fourth-order valence-corrected chi connectivity index (χ4v) is 2.48. The number of hydrazone groups is 1. The molecule has 0 saturated carbocycles. The Labute approximate surface area is 115 Å². The standard InChI is InChI=1S/C13H16BrN3O/c1-9-11(6-7-15)13(18)17(16-9)8-10-4-2-3-5-12(10)14/h2-5,11H,6-8,15H2,1H3. The van der Waals surface area contributed by atoms with E-state index in [1.807, 2.05) is 31.2 Å². The molecule has 2 rings (SSSR count). The van der Waals surface area contributed by atoms with Crippen molar-refractivity contribution in [3.8, 4) is 0 Å². The van der Waals surface area contributed by atoms with E-state index in [9.17, 15) is 4.79 Å². The largest absolute Gasteiger partial charge is 0.330 e. The molecule has 1 aliphatic rings. The highest BCUT2D eigenvalue weighted by Gasteiger charge is 2.32. The van der Waals surface area contributed by atoms with E-state index in [0.29, 0.717) is 19.5 Å². The third-order valence-corrected chi connectivity index (χ3v) is 3.84. The molecule has 0 spiro atoms. The Hall–Kier alpha value is -1.20. The molecule has 0 radical (unpaired) electrons. The summed E-state index contributed by atoms with van der Waals surface area (Å²) in [6, 6.07) is 7.85. The lowest BCUT2D eigenvalue weighted by Crippen LogP contribution is -2.28. The van der Waals surface area contributed by atoms with Crippen LogP contribution in [0.3, 0.4) is 0 Å². The highest BCUT2D eigenvalue weighted by atomic mass is 79.9. The second kappa shape index (κ2) is 5.63. The topological polar surface area (TPSA) is 58.7 Å². The lowest BCUT2D eigenvalue weighted by atomic mass is 10.0. The molecule has 1 atom stereocenters. The van der Waals surface area contributed by atoms with Crippen LogP contribution in [0.15, 0.2) is 33.8 Å². The van der Waals surface area contributed by atoms with Crippen molar-refractivity contribution in [1.82, 2.24) is 5.01 Å². The van der Waals surface area contributed by atoms with Crippen LogP contribution < -0.4 is 5.73 Å². The van der Waals surface area contributed by atoms with Crippen molar-refractivity contribution in [2.24, 2.45) is 16.8 Å². The molecule has 1 amide bonds. The van der Waals surface area contributed by atoms with Crippen molar-refractivity contribution in [2.75, 3.05) is 6.54 Å². The zero-order valence-corrected chi connectivity index (χ0v) is 11.9. The maximum Gasteiger partial charge on any atom is 0.251 e. The molecule has 0 aliphatic carbocycles. The van der Waals surface area contributed by atoms with Gasteiger partial charge in [0.05, 0.1) is 12.5 Å². The van der Waals surface area contributed by atoms with Gasteiger partial charge in [0.15, 0.2) is 0 Å². The molecule has 0 fully saturated rings. The van der Waals surface area contributed by atoms with Gasteiger partial charge in [0.2, 0.25) is 0 Å². The first-order valence-corrected chi connectivity index (χ1v) is 6.72. The van der Waals surface area contributed by atoms with Gasteiger partial charge in [-0.1, -0.05) is 34.1 Å². The zero-order chi connectivity index (χ0) is 13.1. The monoisotopic (exact) mass is 309 g/mol. The van der Waals surface area contributed by atoms with E-state index in [-0.39, 0.29) is 11.8 Å². The molecule has 0 bridgehead atoms. The Morgan fingerprint density at radius 2 is 2.17 bits per heavy atom. The number of nitrogens with two attached hydrogens (primary N) is 1. The number of carbonyl (C=O) groups is 1. The predicted molar refractivity (Wildman–Crippen MR) is 75.0 cm³/mol. The average Bonchev–Trinajstić information content (AvgIpc) is 2.60. The highest BCUT2D eigenvalue weighted by Crippen LogP contribution is 2.23. The number of hydrogen-bond acceptors (Lipinski definition) is 3. The van der Waals surface area contributed by atoms with Gasteiger partial charge in [-0.05, 0) is 31.5 Å². The minimum atomic E-state index is -0.141. The van der Waals surface area contributed by atoms with Crippen LogP contribution in [0.1, 0.15) is 18.9 Å². The van der Waals surface area contributed by atoms with Crippen molar-refractivity contribution in [1.29, 1.82) is 0 Å². The Morgan fingerprint density at radius 1 is 1.44 bits per heavy atom. The van der Waals surface area contributed by atoms with Gasteiger partial charge < -0.3 is 5.73 Å². The van der Waals surface area contributed by atoms with Gasteiger partial charge in [-0.25, -0.2) is 5.01 Å². The van der Waals surface area contributed by atoms with Crippen LogP contribution in [0, 0.1) is 5.92 Å². The minimum absolute atomic E-state index is 0.0497. The summed E-state index contributed by atoms with van der Waals surface area (Å²) in [6.07, 6.45) is 0.667.